The summed E-state index contributed by atoms with van der Waals surface area (Å²) in [5.74, 6) is 2.82. The van der Waals surface area contributed by atoms with Crippen LogP contribution in [0.25, 0.3) is 0 Å². The molecule has 1 fully saturated rings. The molecule has 2 heteroatoms. The summed E-state index contributed by atoms with van der Waals surface area (Å²) in [6, 6.07) is 0. The van der Waals surface area contributed by atoms with Crippen LogP contribution < -0.4 is 0 Å². The monoisotopic (exact) mass is 168 g/mol. The highest BCUT2D eigenvalue weighted by molar-refractivity contribution is 4.99. The molecule has 0 amide bonds. The van der Waals surface area contributed by atoms with Gasteiger partial charge in [0.1, 0.15) is 6.11 Å². The molecule has 0 unspecified atom stereocenters. The Morgan fingerprint density at radius 3 is 2.58 bits per heavy atom. The minimum Gasteiger partial charge on any atom is -0.450 e. The van der Waals surface area contributed by atoms with Gasteiger partial charge in [-0.2, -0.15) is 0 Å². The Morgan fingerprint density at radius 1 is 1.33 bits per heavy atom. The van der Waals surface area contributed by atoms with Gasteiger partial charge < -0.3 is 9.84 Å². The summed E-state index contributed by atoms with van der Waals surface area (Å²) in [5, 5.41) is 9.94. The summed E-state index contributed by atoms with van der Waals surface area (Å²) >= 11 is 0. The quantitative estimate of drug-likeness (QED) is 0.604. The third kappa shape index (κ3) is 2.75. The highest BCUT2D eigenvalue weighted by Gasteiger charge is 2.27. The first-order valence-electron chi connectivity index (χ1n) is 4.50. The molecule has 12 heavy (non-hydrogen) atoms. The molecule has 0 aromatic rings. The first-order chi connectivity index (χ1) is 5.77. The zero-order valence-corrected chi connectivity index (χ0v) is 7.60. The molecule has 0 saturated heterocycles. The van der Waals surface area contributed by atoms with Crippen LogP contribution in [0.2, 0.25) is 0 Å². The van der Waals surface area contributed by atoms with Crippen molar-refractivity contribution in [2.75, 3.05) is 7.11 Å². The second-order valence-corrected chi connectivity index (χ2v) is 3.44. The molecule has 0 bridgehead atoms. The molecule has 0 heterocycles. The highest BCUT2D eigenvalue weighted by atomic mass is 16.5. The molecular weight excluding hydrogens is 152 g/mol. The topological polar surface area (TPSA) is 29.5 Å². The van der Waals surface area contributed by atoms with E-state index in [1.165, 1.54) is 13.5 Å². The molecule has 0 aromatic carbocycles. The molecule has 0 radical (unpaired) electrons. The largest absolute Gasteiger partial charge is 0.450 e. The van der Waals surface area contributed by atoms with Gasteiger partial charge in [0, 0.05) is 6.42 Å². The third-order valence-electron chi connectivity index (χ3n) is 2.38. The Labute approximate surface area is 73.9 Å². The van der Waals surface area contributed by atoms with Gasteiger partial charge in [0.15, 0.2) is 0 Å². The van der Waals surface area contributed by atoms with Crippen LogP contribution in [0.5, 0.6) is 0 Å². The van der Waals surface area contributed by atoms with E-state index >= 15 is 0 Å². The molecule has 0 atom stereocenters. The molecule has 1 aliphatic carbocycles. The van der Waals surface area contributed by atoms with E-state index in [2.05, 4.69) is 16.8 Å². The summed E-state index contributed by atoms with van der Waals surface area (Å²) in [6.07, 6.45) is 8.37. The summed E-state index contributed by atoms with van der Waals surface area (Å²) < 4.78 is 4.61. The van der Waals surface area contributed by atoms with Crippen LogP contribution in [-0.2, 0) is 4.74 Å². The lowest BCUT2D eigenvalue weighted by molar-refractivity contribution is 0.00878. The molecule has 0 aromatic heterocycles. The van der Waals surface area contributed by atoms with E-state index < -0.39 is 5.60 Å². The zero-order chi connectivity index (χ0) is 8.86. The Bertz CT molecular complexity index is 182. The van der Waals surface area contributed by atoms with E-state index in [9.17, 15) is 5.11 Å². The molecule has 1 N–H and O–H groups in total. The van der Waals surface area contributed by atoms with Gasteiger partial charge in [-0.1, -0.05) is 25.2 Å². The average Bonchev–Trinajstić information content (AvgIpc) is 2.06. The maximum absolute atomic E-state index is 9.94. The number of rotatable bonds is 1. The number of hydrogen-bond donors (Lipinski definition) is 1. The van der Waals surface area contributed by atoms with Crippen molar-refractivity contribution in [1.82, 2.24) is 0 Å². The Morgan fingerprint density at radius 2 is 2.00 bits per heavy atom. The van der Waals surface area contributed by atoms with Gasteiger partial charge in [-0.25, -0.2) is 0 Å². The maximum atomic E-state index is 9.94. The van der Waals surface area contributed by atoms with Gasteiger partial charge in [0.25, 0.3) is 0 Å². The minimum absolute atomic E-state index is 0.524. The number of aliphatic hydroxyl groups is 1. The van der Waals surface area contributed by atoms with Crippen LogP contribution in [0, 0.1) is 12.0 Å². The van der Waals surface area contributed by atoms with Crippen molar-refractivity contribution < 1.29 is 9.84 Å². The van der Waals surface area contributed by atoms with Gasteiger partial charge in [-0.3, -0.25) is 0 Å². The predicted octanol–water partition coefficient (Wildman–Crippen LogP) is 1.68. The summed E-state index contributed by atoms with van der Waals surface area (Å²) in [6.45, 7) is 0. The van der Waals surface area contributed by atoms with Crippen molar-refractivity contribution in [1.29, 1.82) is 0 Å². The molecule has 1 rings (SSSR count). The molecule has 68 valence electrons. The summed E-state index contributed by atoms with van der Waals surface area (Å²) in [5.41, 5.74) is -0.524. The average molecular weight is 168 g/mol. The molecule has 2 nitrogen and oxygen atoms in total. The molecule has 1 saturated carbocycles. The van der Waals surface area contributed by atoms with Crippen LogP contribution in [0.15, 0.2) is 0 Å². The third-order valence-corrected chi connectivity index (χ3v) is 2.38. The fourth-order valence-electron chi connectivity index (χ4n) is 1.66. The van der Waals surface area contributed by atoms with Crippen LogP contribution in [0.4, 0.5) is 0 Å². The predicted molar refractivity (Wildman–Crippen MR) is 47.4 cm³/mol. The van der Waals surface area contributed by atoms with Crippen molar-refractivity contribution >= 4 is 0 Å². The van der Waals surface area contributed by atoms with Crippen LogP contribution >= 0.6 is 0 Å². The Hall–Kier alpha value is -0.680. The first kappa shape index (κ1) is 9.41. The smallest absolute Gasteiger partial charge is 0.109 e. The molecule has 0 aliphatic heterocycles. The lowest BCUT2D eigenvalue weighted by atomic mass is 9.83. The summed E-state index contributed by atoms with van der Waals surface area (Å²) in [7, 11) is 1.54. The fourth-order valence-corrected chi connectivity index (χ4v) is 1.66. The second kappa shape index (κ2) is 4.37. The van der Waals surface area contributed by atoms with E-state index in [-0.39, 0.29) is 0 Å². The molecule has 1 aliphatic rings. The molecular formula is C10H16O2. The standard InChI is InChI=1S/C10H16O2/c1-12-9-5-8-10(11)6-3-2-4-7-10/h11H,2-4,6-8H2,1H3. The normalized spacial score (nSPS) is 20.8. The number of ether oxygens (including phenoxy) is 1. The zero-order valence-electron chi connectivity index (χ0n) is 7.60. The Balaban J connectivity index is 2.36. The highest BCUT2D eigenvalue weighted by Crippen LogP contribution is 2.30. The van der Waals surface area contributed by atoms with Crippen LogP contribution in [0.1, 0.15) is 38.5 Å². The van der Waals surface area contributed by atoms with Gasteiger partial charge in [-0.05, 0) is 12.8 Å². The van der Waals surface area contributed by atoms with E-state index in [1.54, 1.807) is 0 Å². The van der Waals surface area contributed by atoms with Crippen molar-refractivity contribution in [3.8, 4) is 12.0 Å². The van der Waals surface area contributed by atoms with Gasteiger partial charge in [-0.15, -0.1) is 0 Å². The van der Waals surface area contributed by atoms with Crippen LogP contribution in [-0.4, -0.2) is 17.8 Å². The van der Waals surface area contributed by atoms with Crippen molar-refractivity contribution in [2.24, 2.45) is 0 Å². The number of methoxy groups -OCH3 is 1. The van der Waals surface area contributed by atoms with E-state index in [1.807, 2.05) is 0 Å². The number of hydrogen-bond acceptors (Lipinski definition) is 2. The van der Waals surface area contributed by atoms with Gasteiger partial charge >= 0.3 is 0 Å². The second-order valence-electron chi connectivity index (χ2n) is 3.44. The molecule has 0 spiro atoms. The van der Waals surface area contributed by atoms with Crippen molar-refractivity contribution in [3.63, 3.8) is 0 Å². The van der Waals surface area contributed by atoms with Crippen LogP contribution in [0.3, 0.4) is 0 Å². The van der Waals surface area contributed by atoms with Crippen molar-refractivity contribution in [3.05, 3.63) is 0 Å². The Kier molecular flexibility index (Phi) is 3.43. The summed E-state index contributed by atoms with van der Waals surface area (Å²) in [4.78, 5) is 0. The minimum atomic E-state index is -0.524. The van der Waals surface area contributed by atoms with Gasteiger partial charge in [0.05, 0.1) is 12.7 Å². The fraction of sp³-hybridized carbons (Fsp3) is 0.800. The van der Waals surface area contributed by atoms with E-state index in [0.29, 0.717) is 6.42 Å². The lowest BCUT2D eigenvalue weighted by Crippen LogP contribution is -2.30. The SMILES string of the molecule is COC#CCC1(O)CCCCC1. The van der Waals surface area contributed by atoms with E-state index in [4.69, 9.17) is 0 Å². The van der Waals surface area contributed by atoms with Gasteiger partial charge in [0.2, 0.25) is 0 Å². The first-order valence-corrected chi connectivity index (χ1v) is 4.50. The van der Waals surface area contributed by atoms with Crippen molar-refractivity contribution in [2.45, 2.75) is 44.1 Å². The lowest BCUT2D eigenvalue weighted by Gasteiger charge is -2.29. The van der Waals surface area contributed by atoms with E-state index in [0.717, 1.165) is 25.7 Å². The maximum Gasteiger partial charge on any atom is 0.109 e.